The molecule has 2 aromatic heterocycles. The molecule has 0 bridgehead atoms. The van der Waals surface area contributed by atoms with Gasteiger partial charge < -0.3 is 10.1 Å². The highest BCUT2D eigenvalue weighted by molar-refractivity contribution is 7.16. The van der Waals surface area contributed by atoms with Gasteiger partial charge in [0.05, 0.1) is 0 Å². The molecule has 0 atom stereocenters. The number of halogens is 1. The molecular weight excluding hydrogens is 246 g/mol. The van der Waals surface area contributed by atoms with Crippen LogP contribution in [0.15, 0.2) is 11.4 Å². The fourth-order valence-electron chi connectivity index (χ4n) is 1.32. The highest BCUT2D eigenvalue weighted by atomic mass is 35.5. The number of hydrogen-bond donors (Lipinski definition) is 1. The summed E-state index contributed by atoms with van der Waals surface area (Å²) in [6, 6.07) is 1.93. The third kappa shape index (κ3) is 2.61. The molecule has 0 spiro atoms. The SMILES string of the molecule is COCCCNc1nc(Cl)c2ccsc2n1. The first-order chi connectivity index (χ1) is 7.81. The molecule has 0 saturated carbocycles. The van der Waals surface area contributed by atoms with E-state index in [1.807, 2.05) is 11.4 Å². The molecule has 0 amide bonds. The van der Waals surface area contributed by atoms with Gasteiger partial charge in [-0.1, -0.05) is 11.6 Å². The summed E-state index contributed by atoms with van der Waals surface area (Å²) in [5.74, 6) is 0.580. The van der Waals surface area contributed by atoms with E-state index >= 15 is 0 Å². The Balaban J connectivity index is 2.06. The Morgan fingerprint density at radius 3 is 3.19 bits per heavy atom. The summed E-state index contributed by atoms with van der Waals surface area (Å²) >= 11 is 7.59. The van der Waals surface area contributed by atoms with Crippen LogP contribution < -0.4 is 5.32 Å². The van der Waals surface area contributed by atoms with E-state index in [4.69, 9.17) is 16.3 Å². The Hall–Kier alpha value is -0.910. The molecule has 0 saturated heterocycles. The van der Waals surface area contributed by atoms with Crippen molar-refractivity contribution in [3.05, 3.63) is 16.6 Å². The van der Waals surface area contributed by atoms with Crippen LogP contribution in [-0.2, 0) is 4.74 Å². The molecule has 4 nitrogen and oxygen atoms in total. The van der Waals surface area contributed by atoms with E-state index in [1.165, 1.54) is 0 Å². The molecule has 0 radical (unpaired) electrons. The maximum Gasteiger partial charge on any atom is 0.225 e. The normalized spacial score (nSPS) is 10.9. The highest BCUT2D eigenvalue weighted by Gasteiger charge is 2.06. The number of nitrogens with one attached hydrogen (secondary N) is 1. The molecule has 2 aromatic rings. The van der Waals surface area contributed by atoms with Gasteiger partial charge in [0.1, 0.15) is 9.98 Å². The number of ether oxygens (including phenoxy) is 1. The van der Waals surface area contributed by atoms with Crippen molar-refractivity contribution in [2.45, 2.75) is 6.42 Å². The van der Waals surface area contributed by atoms with Gasteiger partial charge in [-0.15, -0.1) is 11.3 Å². The maximum atomic E-state index is 6.03. The Labute approximate surface area is 103 Å². The van der Waals surface area contributed by atoms with Crippen molar-refractivity contribution in [1.29, 1.82) is 0 Å². The standard InChI is InChI=1S/C10H12ClN3OS/c1-15-5-2-4-12-10-13-8(11)7-3-6-16-9(7)14-10/h3,6H,2,4-5H2,1H3,(H,12,13,14). The molecule has 2 rings (SSSR count). The molecule has 6 heteroatoms. The largest absolute Gasteiger partial charge is 0.385 e. The maximum absolute atomic E-state index is 6.03. The minimum Gasteiger partial charge on any atom is -0.385 e. The fraction of sp³-hybridized carbons (Fsp3) is 0.400. The average Bonchev–Trinajstić information content (AvgIpc) is 2.73. The minimum atomic E-state index is 0.500. The quantitative estimate of drug-likeness (QED) is 0.661. The molecule has 1 N–H and O–H groups in total. The number of thiophene rings is 1. The smallest absolute Gasteiger partial charge is 0.225 e. The topological polar surface area (TPSA) is 47.0 Å². The summed E-state index contributed by atoms with van der Waals surface area (Å²) in [5.41, 5.74) is 0. The van der Waals surface area contributed by atoms with Crippen molar-refractivity contribution in [2.75, 3.05) is 25.6 Å². The van der Waals surface area contributed by atoms with Crippen molar-refractivity contribution < 1.29 is 4.74 Å². The van der Waals surface area contributed by atoms with Crippen molar-refractivity contribution in [3.63, 3.8) is 0 Å². The van der Waals surface area contributed by atoms with Gasteiger partial charge in [-0.25, -0.2) is 9.97 Å². The predicted octanol–water partition coefficient (Wildman–Crippen LogP) is 2.79. The lowest BCUT2D eigenvalue weighted by atomic mass is 10.4. The number of nitrogens with zero attached hydrogens (tertiary/aromatic N) is 2. The Morgan fingerprint density at radius 1 is 1.50 bits per heavy atom. The van der Waals surface area contributed by atoms with Crippen LogP contribution in [0.4, 0.5) is 5.95 Å². The van der Waals surface area contributed by atoms with Crippen LogP contribution in [0.3, 0.4) is 0 Å². The van der Waals surface area contributed by atoms with E-state index < -0.39 is 0 Å². The van der Waals surface area contributed by atoms with Gasteiger partial charge in [-0.3, -0.25) is 0 Å². The second-order valence-electron chi connectivity index (χ2n) is 3.25. The van der Waals surface area contributed by atoms with Gasteiger partial charge in [0.15, 0.2) is 0 Å². The van der Waals surface area contributed by atoms with Crippen LogP contribution in [0, 0.1) is 0 Å². The van der Waals surface area contributed by atoms with E-state index in [0.29, 0.717) is 11.1 Å². The van der Waals surface area contributed by atoms with Crippen LogP contribution in [0.2, 0.25) is 5.15 Å². The fourth-order valence-corrected chi connectivity index (χ4v) is 2.37. The lowest BCUT2D eigenvalue weighted by molar-refractivity contribution is 0.197. The molecule has 0 aliphatic carbocycles. The van der Waals surface area contributed by atoms with Crippen molar-refractivity contribution in [3.8, 4) is 0 Å². The number of methoxy groups -OCH3 is 1. The van der Waals surface area contributed by atoms with Crippen molar-refractivity contribution in [2.24, 2.45) is 0 Å². The summed E-state index contributed by atoms with van der Waals surface area (Å²) in [7, 11) is 1.69. The van der Waals surface area contributed by atoms with Crippen LogP contribution in [0.25, 0.3) is 10.2 Å². The molecule has 2 heterocycles. The first-order valence-corrected chi connectivity index (χ1v) is 6.20. The van der Waals surface area contributed by atoms with Crippen LogP contribution in [0.1, 0.15) is 6.42 Å². The summed E-state index contributed by atoms with van der Waals surface area (Å²) in [6.45, 7) is 1.50. The van der Waals surface area contributed by atoms with E-state index in [9.17, 15) is 0 Å². The lowest BCUT2D eigenvalue weighted by Crippen LogP contribution is -2.07. The number of anilines is 1. The van der Waals surface area contributed by atoms with Gasteiger partial charge in [-0.05, 0) is 17.9 Å². The first kappa shape index (κ1) is 11.6. The van der Waals surface area contributed by atoms with E-state index in [0.717, 1.165) is 29.8 Å². The zero-order valence-corrected chi connectivity index (χ0v) is 10.4. The Morgan fingerprint density at radius 2 is 2.38 bits per heavy atom. The van der Waals surface area contributed by atoms with E-state index in [1.54, 1.807) is 18.4 Å². The zero-order valence-electron chi connectivity index (χ0n) is 8.86. The van der Waals surface area contributed by atoms with Gasteiger partial charge >= 0.3 is 0 Å². The Bertz CT molecular complexity index is 474. The van der Waals surface area contributed by atoms with Crippen LogP contribution in [0.5, 0.6) is 0 Å². The summed E-state index contributed by atoms with van der Waals surface area (Å²) in [6.07, 6.45) is 0.917. The number of fused-ring (bicyclic) bond motifs is 1. The van der Waals surface area contributed by atoms with Gasteiger partial charge in [-0.2, -0.15) is 0 Å². The molecule has 0 fully saturated rings. The van der Waals surface area contributed by atoms with Gasteiger partial charge in [0, 0.05) is 25.6 Å². The van der Waals surface area contributed by atoms with Crippen LogP contribution >= 0.6 is 22.9 Å². The van der Waals surface area contributed by atoms with Gasteiger partial charge in [0.2, 0.25) is 5.95 Å². The average molecular weight is 258 g/mol. The van der Waals surface area contributed by atoms with E-state index in [-0.39, 0.29) is 0 Å². The molecule has 16 heavy (non-hydrogen) atoms. The summed E-state index contributed by atoms with van der Waals surface area (Å²) in [4.78, 5) is 9.46. The lowest BCUT2D eigenvalue weighted by Gasteiger charge is -2.04. The number of aromatic nitrogens is 2. The zero-order chi connectivity index (χ0) is 11.4. The first-order valence-electron chi connectivity index (χ1n) is 4.95. The predicted molar refractivity (Wildman–Crippen MR) is 67.4 cm³/mol. The number of rotatable bonds is 5. The highest BCUT2D eigenvalue weighted by Crippen LogP contribution is 2.25. The second-order valence-corrected chi connectivity index (χ2v) is 4.50. The minimum absolute atomic E-state index is 0.500. The number of hydrogen-bond acceptors (Lipinski definition) is 5. The molecule has 0 aromatic carbocycles. The summed E-state index contributed by atoms with van der Waals surface area (Å²) < 4.78 is 4.96. The molecule has 0 aliphatic heterocycles. The molecule has 0 unspecified atom stereocenters. The van der Waals surface area contributed by atoms with Gasteiger partial charge in [0.25, 0.3) is 0 Å². The third-order valence-corrected chi connectivity index (χ3v) is 3.18. The van der Waals surface area contributed by atoms with E-state index in [2.05, 4.69) is 15.3 Å². The summed E-state index contributed by atoms with van der Waals surface area (Å²) in [5, 5.41) is 6.49. The monoisotopic (exact) mass is 257 g/mol. The van der Waals surface area contributed by atoms with Crippen molar-refractivity contribution in [1.82, 2.24) is 9.97 Å². The molecular formula is C10H12ClN3OS. The Kier molecular flexibility index (Phi) is 3.93. The van der Waals surface area contributed by atoms with Crippen LogP contribution in [-0.4, -0.2) is 30.2 Å². The molecule has 0 aliphatic rings. The third-order valence-electron chi connectivity index (χ3n) is 2.09. The molecule has 86 valence electrons. The second kappa shape index (κ2) is 5.43. The van der Waals surface area contributed by atoms with Crippen molar-refractivity contribution >= 4 is 39.1 Å².